The molecule has 0 radical (unpaired) electrons. The van der Waals surface area contributed by atoms with Crippen molar-refractivity contribution in [3.8, 4) is 22.8 Å². The molecule has 2 aromatic heterocycles. The van der Waals surface area contributed by atoms with Gasteiger partial charge in [-0.05, 0) is 18.2 Å². The average Bonchev–Trinajstić information content (AvgIpc) is 3.02. The van der Waals surface area contributed by atoms with Crippen molar-refractivity contribution in [1.82, 2.24) is 24.7 Å². The Labute approximate surface area is 136 Å². The molecule has 0 unspecified atom stereocenters. The van der Waals surface area contributed by atoms with E-state index in [2.05, 4.69) is 20.1 Å². The van der Waals surface area contributed by atoms with Crippen molar-refractivity contribution in [2.75, 3.05) is 6.61 Å². The van der Waals surface area contributed by atoms with E-state index >= 15 is 0 Å². The van der Waals surface area contributed by atoms with Gasteiger partial charge in [0.1, 0.15) is 5.82 Å². The fraction of sp³-hybridized carbons (Fsp3) is 0.250. The van der Waals surface area contributed by atoms with Crippen molar-refractivity contribution in [2.24, 2.45) is 0 Å². The molecule has 24 heavy (non-hydrogen) atoms. The van der Waals surface area contributed by atoms with Gasteiger partial charge >= 0.3 is 0 Å². The van der Waals surface area contributed by atoms with Crippen LogP contribution in [0.4, 0.5) is 8.78 Å². The number of aryl methyl sites for hydroxylation is 1. The fourth-order valence-corrected chi connectivity index (χ4v) is 2.22. The maximum Gasteiger partial charge on any atom is 0.181 e. The molecule has 0 fully saturated rings. The molecule has 1 N–H and O–H groups in total. The van der Waals surface area contributed by atoms with Crippen molar-refractivity contribution in [2.45, 2.75) is 19.9 Å². The first-order valence-electron chi connectivity index (χ1n) is 7.44. The summed E-state index contributed by atoms with van der Waals surface area (Å²) >= 11 is 0. The summed E-state index contributed by atoms with van der Waals surface area (Å²) in [6.07, 6.45) is 3.96. The van der Waals surface area contributed by atoms with Crippen molar-refractivity contribution in [3.05, 3.63) is 48.1 Å². The van der Waals surface area contributed by atoms with E-state index in [9.17, 15) is 13.9 Å². The Morgan fingerprint density at radius 3 is 2.46 bits per heavy atom. The van der Waals surface area contributed by atoms with Crippen molar-refractivity contribution >= 4 is 0 Å². The van der Waals surface area contributed by atoms with Gasteiger partial charge in [-0.1, -0.05) is 6.92 Å². The molecule has 0 saturated carbocycles. The first-order valence-corrected chi connectivity index (χ1v) is 7.44. The van der Waals surface area contributed by atoms with Crippen LogP contribution < -0.4 is 0 Å². The van der Waals surface area contributed by atoms with Gasteiger partial charge in [0.05, 0.1) is 18.7 Å². The van der Waals surface area contributed by atoms with E-state index in [4.69, 9.17) is 0 Å². The Morgan fingerprint density at radius 2 is 1.83 bits per heavy atom. The normalized spacial score (nSPS) is 11.0. The molecule has 0 saturated heterocycles. The molecule has 3 rings (SSSR count). The Kier molecular flexibility index (Phi) is 4.57. The minimum atomic E-state index is -0.969. The standard InChI is InChI=1S/C16H15F2N5O/c1-2-14-19-8-11(9-20-14)16-21-15(22-23(16)5-6-24)10-3-4-12(17)13(18)7-10/h3-4,7-9,24H,2,5-6H2,1H3. The summed E-state index contributed by atoms with van der Waals surface area (Å²) in [5.74, 6) is -0.517. The predicted molar refractivity (Wildman–Crippen MR) is 82.9 cm³/mol. The molecule has 0 atom stereocenters. The van der Waals surface area contributed by atoms with Crippen LogP contribution in [0.1, 0.15) is 12.7 Å². The molecule has 2 heterocycles. The zero-order valence-electron chi connectivity index (χ0n) is 12.9. The van der Waals surface area contributed by atoms with E-state index in [1.165, 1.54) is 10.7 Å². The average molecular weight is 331 g/mol. The quantitative estimate of drug-likeness (QED) is 0.776. The number of aliphatic hydroxyl groups is 1. The second-order valence-corrected chi connectivity index (χ2v) is 5.08. The van der Waals surface area contributed by atoms with E-state index in [0.717, 1.165) is 12.1 Å². The minimum Gasteiger partial charge on any atom is -0.394 e. The maximum atomic E-state index is 13.4. The summed E-state index contributed by atoms with van der Waals surface area (Å²) in [4.78, 5) is 12.8. The summed E-state index contributed by atoms with van der Waals surface area (Å²) in [5, 5.41) is 13.5. The van der Waals surface area contributed by atoms with Crippen LogP contribution >= 0.6 is 0 Å². The fourth-order valence-electron chi connectivity index (χ4n) is 2.22. The summed E-state index contributed by atoms with van der Waals surface area (Å²) in [5.41, 5.74) is 0.972. The number of nitrogens with zero attached hydrogens (tertiary/aromatic N) is 5. The van der Waals surface area contributed by atoms with E-state index in [0.29, 0.717) is 29.2 Å². The highest BCUT2D eigenvalue weighted by Crippen LogP contribution is 2.23. The smallest absolute Gasteiger partial charge is 0.181 e. The molecule has 0 spiro atoms. The van der Waals surface area contributed by atoms with Crippen LogP contribution in [0.25, 0.3) is 22.8 Å². The Balaban J connectivity index is 2.04. The van der Waals surface area contributed by atoms with Gasteiger partial charge in [-0.25, -0.2) is 28.4 Å². The highest BCUT2D eigenvalue weighted by atomic mass is 19.2. The Bertz CT molecular complexity index is 848. The monoisotopic (exact) mass is 331 g/mol. The van der Waals surface area contributed by atoms with Crippen molar-refractivity contribution < 1.29 is 13.9 Å². The number of aliphatic hydroxyl groups excluding tert-OH is 1. The van der Waals surface area contributed by atoms with Crippen LogP contribution in [0.5, 0.6) is 0 Å². The number of halogens is 2. The molecule has 124 valence electrons. The number of aromatic nitrogens is 5. The topological polar surface area (TPSA) is 76.7 Å². The Hall–Kier alpha value is -2.74. The summed E-state index contributed by atoms with van der Waals surface area (Å²) in [6, 6.07) is 3.46. The second kappa shape index (κ2) is 6.79. The van der Waals surface area contributed by atoms with Crippen LogP contribution in [0.3, 0.4) is 0 Å². The first-order chi connectivity index (χ1) is 11.6. The van der Waals surface area contributed by atoms with E-state index in [1.54, 1.807) is 12.4 Å². The number of rotatable bonds is 5. The highest BCUT2D eigenvalue weighted by molar-refractivity contribution is 5.60. The van der Waals surface area contributed by atoms with Crippen LogP contribution in [0.2, 0.25) is 0 Å². The largest absolute Gasteiger partial charge is 0.394 e. The van der Waals surface area contributed by atoms with Gasteiger partial charge in [-0.3, -0.25) is 0 Å². The van der Waals surface area contributed by atoms with Gasteiger partial charge in [0.2, 0.25) is 0 Å². The lowest BCUT2D eigenvalue weighted by molar-refractivity contribution is 0.270. The molecule has 8 heteroatoms. The van der Waals surface area contributed by atoms with Gasteiger partial charge in [-0.15, -0.1) is 0 Å². The van der Waals surface area contributed by atoms with Crippen LogP contribution in [-0.2, 0) is 13.0 Å². The van der Waals surface area contributed by atoms with Crippen LogP contribution in [0, 0.1) is 11.6 Å². The van der Waals surface area contributed by atoms with Gasteiger partial charge in [-0.2, -0.15) is 5.10 Å². The molecular formula is C16H15F2N5O. The Morgan fingerprint density at radius 1 is 1.08 bits per heavy atom. The third kappa shape index (κ3) is 3.13. The lowest BCUT2D eigenvalue weighted by Crippen LogP contribution is -2.06. The van der Waals surface area contributed by atoms with Gasteiger partial charge in [0.15, 0.2) is 23.3 Å². The zero-order valence-corrected chi connectivity index (χ0v) is 12.9. The van der Waals surface area contributed by atoms with Crippen molar-refractivity contribution in [1.29, 1.82) is 0 Å². The van der Waals surface area contributed by atoms with Gasteiger partial charge in [0, 0.05) is 24.4 Å². The molecule has 1 aromatic carbocycles. The molecule has 3 aromatic rings. The SMILES string of the molecule is CCc1ncc(-c2nc(-c3ccc(F)c(F)c3)nn2CCO)cn1. The molecule has 0 aliphatic carbocycles. The molecule has 0 aliphatic heterocycles. The van der Waals surface area contributed by atoms with Crippen LogP contribution in [0.15, 0.2) is 30.6 Å². The third-order valence-electron chi connectivity index (χ3n) is 3.44. The summed E-state index contributed by atoms with van der Waals surface area (Å²) in [7, 11) is 0. The molecule has 0 aliphatic rings. The summed E-state index contributed by atoms with van der Waals surface area (Å²) in [6.45, 7) is 2.02. The summed E-state index contributed by atoms with van der Waals surface area (Å²) < 4.78 is 28.0. The third-order valence-corrected chi connectivity index (χ3v) is 3.44. The first kappa shape index (κ1) is 16.1. The van der Waals surface area contributed by atoms with Gasteiger partial charge < -0.3 is 5.11 Å². The minimum absolute atomic E-state index is 0.137. The van der Waals surface area contributed by atoms with Crippen LogP contribution in [-0.4, -0.2) is 36.4 Å². The lowest BCUT2D eigenvalue weighted by Gasteiger charge is -2.03. The molecular weight excluding hydrogens is 316 g/mol. The zero-order chi connectivity index (χ0) is 17.1. The maximum absolute atomic E-state index is 13.4. The van der Waals surface area contributed by atoms with Crippen molar-refractivity contribution in [3.63, 3.8) is 0 Å². The highest BCUT2D eigenvalue weighted by Gasteiger charge is 2.15. The van der Waals surface area contributed by atoms with E-state index in [1.807, 2.05) is 6.92 Å². The second-order valence-electron chi connectivity index (χ2n) is 5.08. The number of hydrogen-bond acceptors (Lipinski definition) is 5. The number of hydrogen-bond donors (Lipinski definition) is 1. The molecule has 0 amide bonds. The number of benzene rings is 1. The molecule has 6 nitrogen and oxygen atoms in total. The molecule has 0 bridgehead atoms. The van der Waals surface area contributed by atoms with E-state index < -0.39 is 11.6 Å². The predicted octanol–water partition coefficient (Wildman–Crippen LogP) is 2.24. The van der Waals surface area contributed by atoms with E-state index in [-0.39, 0.29) is 19.0 Å². The lowest BCUT2D eigenvalue weighted by atomic mass is 10.2. The van der Waals surface area contributed by atoms with Gasteiger partial charge in [0.25, 0.3) is 0 Å².